The highest BCUT2D eigenvalue weighted by Crippen LogP contribution is 2.12. The van der Waals surface area contributed by atoms with Crippen LogP contribution in [-0.4, -0.2) is 40.6 Å². The minimum atomic E-state index is -0.441. The van der Waals surface area contributed by atoms with Crippen molar-refractivity contribution in [1.82, 2.24) is 10.2 Å². The van der Waals surface area contributed by atoms with Crippen LogP contribution in [0.1, 0.15) is 20.3 Å². The third-order valence-corrected chi connectivity index (χ3v) is 2.17. The Kier molecular flexibility index (Phi) is 2.87. The van der Waals surface area contributed by atoms with Crippen molar-refractivity contribution in [3.63, 3.8) is 0 Å². The van der Waals surface area contributed by atoms with Crippen LogP contribution in [0.5, 0.6) is 0 Å². The minimum absolute atomic E-state index is 0.199. The summed E-state index contributed by atoms with van der Waals surface area (Å²) in [4.78, 5) is 23.8. The van der Waals surface area contributed by atoms with Crippen molar-refractivity contribution in [3.05, 3.63) is 0 Å². The molecule has 0 bridgehead atoms. The zero-order chi connectivity index (χ0) is 10.0. The summed E-state index contributed by atoms with van der Waals surface area (Å²) in [5, 5.41) is 11.4. The first kappa shape index (κ1) is 9.98. The Bertz CT molecular complexity index is 229. The fourth-order valence-electron chi connectivity index (χ4n) is 1.32. The van der Waals surface area contributed by atoms with E-state index in [1.165, 1.54) is 0 Å². The molecule has 0 aliphatic carbocycles. The average Bonchev–Trinajstić information content (AvgIpc) is 2.40. The molecule has 3 amide bonds. The number of carbonyl (C=O) groups excluding carboxylic acids is 2. The maximum absolute atomic E-state index is 11.5. The number of aliphatic hydroxyl groups excluding tert-OH is 1. The van der Waals surface area contributed by atoms with Crippen molar-refractivity contribution in [2.45, 2.75) is 32.4 Å². The quantitative estimate of drug-likeness (QED) is 0.594. The van der Waals surface area contributed by atoms with Gasteiger partial charge >= 0.3 is 6.03 Å². The van der Waals surface area contributed by atoms with E-state index in [4.69, 9.17) is 5.11 Å². The van der Waals surface area contributed by atoms with Crippen LogP contribution in [0, 0.1) is 0 Å². The largest absolute Gasteiger partial charge is 0.394 e. The van der Waals surface area contributed by atoms with E-state index in [0.29, 0.717) is 6.42 Å². The zero-order valence-corrected chi connectivity index (χ0v) is 7.78. The highest BCUT2D eigenvalue weighted by atomic mass is 16.3. The lowest BCUT2D eigenvalue weighted by atomic mass is 10.2. The molecule has 0 aromatic heterocycles. The van der Waals surface area contributed by atoms with Crippen LogP contribution in [0.25, 0.3) is 0 Å². The van der Waals surface area contributed by atoms with Gasteiger partial charge < -0.3 is 10.4 Å². The van der Waals surface area contributed by atoms with E-state index in [9.17, 15) is 9.59 Å². The molecule has 5 nitrogen and oxygen atoms in total. The Morgan fingerprint density at radius 2 is 2.23 bits per heavy atom. The van der Waals surface area contributed by atoms with Crippen molar-refractivity contribution in [1.29, 1.82) is 0 Å². The molecule has 1 unspecified atom stereocenters. The van der Waals surface area contributed by atoms with Crippen LogP contribution >= 0.6 is 0 Å². The second kappa shape index (κ2) is 3.74. The lowest BCUT2D eigenvalue weighted by molar-refractivity contribution is -0.129. The van der Waals surface area contributed by atoms with Crippen LogP contribution in [0.15, 0.2) is 0 Å². The summed E-state index contributed by atoms with van der Waals surface area (Å²) in [6.45, 7) is 3.26. The molecule has 0 aromatic carbocycles. The SMILES string of the molecule is CCC1NC(=O)N([C@@H](C)CO)C1=O. The smallest absolute Gasteiger partial charge is 0.325 e. The van der Waals surface area contributed by atoms with Gasteiger partial charge in [0.15, 0.2) is 0 Å². The molecule has 5 heteroatoms. The molecule has 1 saturated heterocycles. The summed E-state index contributed by atoms with van der Waals surface area (Å²) in [7, 11) is 0. The Hall–Kier alpha value is -1.10. The summed E-state index contributed by atoms with van der Waals surface area (Å²) in [5.74, 6) is -0.242. The second-order valence-electron chi connectivity index (χ2n) is 3.15. The summed E-state index contributed by atoms with van der Waals surface area (Å²) < 4.78 is 0. The first-order chi connectivity index (χ1) is 6.11. The molecular weight excluding hydrogens is 172 g/mol. The maximum Gasteiger partial charge on any atom is 0.325 e. The van der Waals surface area contributed by atoms with Gasteiger partial charge in [0, 0.05) is 0 Å². The van der Waals surface area contributed by atoms with Gasteiger partial charge in [-0.05, 0) is 13.3 Å². The molecule has 0 spiro atoms. The highest BCUT2D eigenvalue weighted by molar-refractivity contribution is 6.04. The van der Waals surface area contributed by atoms with E-state index in [1.807, 2.05) is 6.92 Å². The number of nitrogens with zero attached hydrogens (tertiary/aromatic N) is 1. The van der Waals surface area contributed by atoms with Crippen molar-refractivity contribution in [2.75, 3.05) is 6.61 Å². The van der Waals surface area contributed by atoms with E-state index < -0.39 is 18.1 Å². The number of amides is 3. The van der Waals surface area contributed by atoms with Crippen molar-refractivity contribution in [3.8, 4) is 0 Å². The van der Waals surface area contributed by atoms with Gasteiger partial charge in [0.2, 0.25) is 0 Å². The number of rotatable bonds is 3. The Balaban J connectivity index is 2.75. The summed E-state index contributed by atoms with van der Waals surface area (Å²) in [6, 6.07) is -1.26. The molecule has 13 heavy (non-hydrogen) atoms. The number of imide groups is 1. The Morgan fingerprint density at radius 1 is 1.62 bits per heavy atom. The summed E-state index contributed by atoms with van der Waals surface area (Å²) in [5.41, 5.74) is 0. The monoisotopic (exact) mass is 186 g/mol. The van der Waals surface area contributed by atoms with Crippen molar-refractivity contribution < 1.29 is 14.7 Å². The second-order valence-corrected chi connectivity index (χ2v) is 3.15. The molecule has 2 N–H and O–H groups in total. The van der Waals surface area contributed by atoms with E-state index in [1.54, 1.807) is 6.92 Å². The first-order valence-corrected chi connectivity index (χ1v) is 4.36. The summed E-state index contributed by atoms with van der Waals surface area (Å²) in [6.07, 6.45) is 0.583. The van der Waals surface area contributed by atoms with Gasteiger partial charge in [-0.3, -0.25) is 9.69 Å². The topological polar surface area (TPSA) is 69.6 Å². The van der Waals surface area contributed by atoms with Gasteiger partial charge in [-0.15, -0.1) is 0 Å². The van der Waals surface area contributed by atoms with Gasteiger partial charge in [-0.25, -0.2) is 4.79 Å². The van der Waals surface area contributed by atoms with Crippen LogP contribution in [0.4, 0.5) is 4.79 Å². The van der Waals surface area contributed by atoms with Gasteiger partial charge in [0.05, 0.1) is 12.6 Å². The van der Waals surface area contributed by atoms with E-state index in [2.05, 4.69) is 5.32 Å². The third-order valence-electron chi connectivity index (χ3n) is 2.17. The van der Waals surface area contributed by atoms with E-state index in [0.717, 1.165) is 4.90 Å². The predicted molar refractivity (Wildman–Crippen MR) is 46.0 cm³/mol. The zero-order valence-electron chi connectivity index (χ0n) is 7.78. The molecule has 0 radical (unpaired) electrons. The molecule has 74 valence electrons. The van der Waals surface area contributed by atoms with Crippen LogP contribution < -0.4 is 5.32 Å². The molecular formula is C8H14N2O3. The lowest BCUT2D eigenvalue weighted by Gasteiger charge is -2.18. The number of carbonyl (C=O) groups is 2. The lowest BCUT2D eigenvalue weighted by Crippen LogP contribution is -2.41. The standard InChI is InChI=1S/C8H14N2O3/c1-3-6-7(12)10(5(2)4-11)8(13)9-6/h5-6,11H,3-4H2,1-2H3,(H,9,13)/t5-,6?/m0/s1. The number of hydrogen-bond acceptors (Lipinski definition) is 3. The molecule has 1 rings (SSSR count). The fraction of sp³-hybridized carbons (Fsp3) is 0.750. The number of urea groups is 1. The Morgan fingerprint density at radius 3 is 2.62 bits per heavy atom. The maximum atomic E-state index is 11.5. The van der Waals surface area contributed by atoms with Crippen molar-refractivity contribution >= 4 is 11.9 Å². The van der Waals surface area contributed by atoms with Crippen LogP contribution in [-0.2, 0) is 4.79 Å². The Labute approximate surface area is 76.7 Å². The van der Waals surface area contributed by atoms with Gasteiger partial charge in [-0.1, -0.05) is 6.92 Å². The minimum Gasteiger partial charge on any atom is -0.394 e. The number of aliphatic hydroxyl groups is 1. The van der Waals surface area contributed by atoms with Crippen LogP contribution in [0.3, 0.4) is 0 Å². The first-order valence-electron chi connectivity index (χ1n) is 4.36. The summed E-state index contributed by atoms with van der Waals surface area (Å²) >= 11 is 0. The number of hydrogen-bond donors (Lipinski definition) is 2. The number of nitrogens with one attached hydrogen (secondary N) is 1. The van der Waals surface area contributed by atoms with Gasteiger partial charge in [0.25, 0.3) is 5.91 Å². The molecule has 0 saturated carbocycles. The predicted octanol–water partition coefficient (Wildman–Crippen LogP) is -0.302. The molecule has 1 heterocycles. The third kappa shape index (κ3) is 1.65. The van der Waals surface area contributed by atoms with E-state index in [-0.39, 0.29) is 12.5 Å². The molecule has 1 aliphatic heterocycles. The highest BCUT2D eigenvalue weighted by Gasteiger charge is 2.39. The molecule has 0 aromatic rings. The normalized spacial score (nSPS) is 24.8. The average molecular weight is 186 g/mol. The molecule has 2 atom stereocenters. The van der Waals surface area contributed by atoms with Crippen molar-refractivity contribution in [2.24, 2.45) is 0 Å². The van der Waals surface area contributed by atoms with Gasteiger partial charge in [-0.2, -0.15) is 0 Å². The molecule has 1 fully saturated rings. The van der Waals surface area contributed by atoms with Crippen LogP contribution in [0.2, 0.25) is 0 Å². The van der Waals surface area contributed by atoms with Gasteiger partial charge in [0.1, 0.15) is 6.04 Å². The molecule has 1 aliphatic rings. The fourth-order valence-corrected chi connectivity index (χ4v) is 1.32. The van der Waals surface area contributed by atoms with E-state index >= 15 is 0 Å².